The Bertz CT molecular complexity index is 1280. The van der Waals surface area contributed by atoms with Crippen LogP contribution in [0.4, 0.5) is 11.6 Å². The van der Waals surface area contributed by atoms with Crippen LogP contribution in [-0.4, -0.2) is 26.8 Å². The van der Waals surface area contributed by atoms with Crippen LogP contribution in [0.15, 0.2) is 67.1 Å². The molecule has 4 aromatic rings. The van der Waals surface area contributed by atoms with Gasteiger partial charge in [-0.25, -0.2) is 9.97 Å². The first-order chi connectivity index (χ1) is 15.5. The number of aromatic nitrogens is 3. The fraction of sp³-hybridized carbons (Fsp3) is 0.0455. The highest BCUT2D eigenvalue weighted by Crippen LogP contribution is 2.23. The second-order valence-corrected chi connectivity index (χ2v) is 8.39. The van der Waals surface area contributed by atoms with Crippen LogP contribution in [0.3, 0.4) is 0 Å². The number of halogens is 1. The minimum Gasteiger partial charge on any atom is -0.324 e. The number of pyridine rings is 1. The van der Waals surface area contributed by atoms with Crippen molar-refractivity contribution in [2.45, 2.75) is 6.92 Å². The molecule has 3 heterocycles. The van der Waals surface area contributed by atoms with Gasteiger partial charge in [-0.2, -0.15) is 0 Å². The van der Waals surface area contributed by atoms with Gasteiger partial charge < -0.3 is 5.32 Å². The molecule has 0 aliphatic heterocycles. The maximum Gasteiger partial charge on any atom is 0.279 e. The van der Waals surface area contributed by atoms with Crippen LogP contribution < -0.4 is 16.2 Å². The molecule has 2 amide bonds. The second-order valence-electron chi connectivity index (χ2n) is 6.67. The molecule has 0 saturated heterocycles. The number of nitrogens with one attached hydrogen (secondary N) is 3. The molecule has 0 spiro atoms. The number of nitrogens with zero attached hydrogens (tertiary/aromatic N) is 3. The standard InChI is InChI=1S/C22H17ClN6O2S/c1-13-4-5-14(20(30)28-29-21(31)18-6-7-19(23)32-18)11-17(13)27-22-25-10-8-16(26-22)15-3-2-9-24-12-15/h2-12H,1H3,(H,28,30)(H,29,31)(H,25,26,27). The maximum atomic E-state index is 12.5. The molecule has 160 valence electrons. The number of aryl methyl sites for hydroxylation is 1. The molecule has 10 heteroatoms. The molecule has 0 unspecified atom stereocenters. The minimum atomic E-state index is -0.464. The Balaban J connectivity index is 1.47. The summed E-state index contributed by atoms with van der Waals surface area (Å²) in [4.78, 5) is 37.9. The quantitative estimate of drug-likeness (QED) is 0.378. The lowest BCUT2D eigenvalue weighted by atomic mass is 10.1. The molecule has 4 rings (SSSR count). The van der Waals surface area contributed by atoms with E-state index in [1.165, 1.54) is 0 Å². The summed E-state index contributed by atoms with van der Waals surface area (Å²) in [6.07, 6.45) is 5.07. The molecule has 0 bridgehead atoms. The zero-order valence-corrected chi connectivity index (χ0v) is 18.4. The molecule has 3 aromatic heterocycles. The molecule has 3 N–H and O–H groups in total. The van der Waals surface area contributed by atoms with E-state index in [4.69, 9.17) is 11.6 Å². The van der Waals surface area contributed by atoms with Gasteiger partial charge in [-0.3, -0.25) is 25.4 Å². The van der Waals surface area contributed by atoms with Crippen molar-refractivity contribution < 1.29 is 9.59 Å². The van der Waals surface area contributed by atoms with Crippen molar-refractivity contribution in [3.05, 3.63) is 87.5 Å². The summed E-state index contributed by atoms with van der Waals surface area (Å²) in [6.45, 7) is 1.90. The zero-order chi connectivity index (χ0) is 22.5. The second kappa shape index (κ2) is 9.54. The van der Waals surface area contributed by atoms with E-state index >= 15 is 0 Å². The van der Waals surface area contributed by atoms with Crippen molar-refractivity contribution in [2.75, 3.05) is 5.32 Å². The summed E-state index contributed by atoms with van der Waals surface area (Å²) in [5.41, 5.74) is 8.29. The molecule has 0 fully saturated rings. The first-order valence-electron chi connectivity index (χ1n) is 9.47. The van der Waals surface area contributed by atoms with Gasteiger partial charge in [0.25, 0.3) is 11.8 Å². The van der Waals surface area contributed by atoms with Crippen molar-refractivity contribution in [3.63, 3.8) is 0 Å². The minimum absolute atomic E-state index is 0.353. The number of anilines is 2. The Kier molecular flexibility index (Phi) is 6.39. The number of rotatable bonds is 5. The van der Waals surface area contributed by atoms with E-state index in [0.717, 1.165) is 28.2 Å². The average molecular weight is 465 g/mol. The highest BCUT2D eigenvalue weighted by molar-refractivity contribution is 7.18. The predicted molar refractivity (Wildman–Crippen MR) is 124 cm³/mol. The first kappa shape index (κ1) is 21.4. The van der Waals surface area contributed by atoms with Gasteiger partial charge in [0.1, 0.15) is 0 Å². The third-order valence-corrected chi connectivity index (χ3v) is 5.68. The largest absolute Gasteiger partial charge is 0.324 e. The topological polar surface area (TPSA) is 109 Å². The van der Waals surface area contributed by atoms with E-state index in [-0.39, 0.29) is 0 Å². The number of carbonyl (C=O) groups is 2. The van der Waals surface area contributed by atoms with Gasteiger partial charge in [-0.15, -0.1) is 11.3 Å². The van der Waals surface area contributed by atoms with Gasteiger partial charge in [-0.1, -0.05) is 17.7 Å². The number of hydrogen-bond donors (Lipinski definition) is 3. The fourth-order valence-electron chi connectivity index (χ4n) is 2.80. The lowest BCUT2D eigenvalue weighted by Crippen LogP contribution is -2.41. The normalized spacial score (nSPS) is 10.4. The Hall–Kier alpha value is -3.82. The molecule has 32 heavy (non-hydrogen) atoms. The molecule has 8 nitrogen and oxygen atoms in total. The summed E-state index contributed by atoms with van der Waals surface area (Å²) < 4.78 is 0.491. The third-order valence-electron chi connectivity index (χ3n) is 4.45. The van der Waals surface area contributed by atoms with Crippen LogP contribution in [0, 0.1) is 6.92 Å². The first-order valence-corrected chi connectivity index (χ1v) is 10.7. The highest BCUT2D eigenvalue weighted by atomic mass is 35.5. The number of benzene rings is 1. The van der Waals surface area contributed by atoms with Crippen molar-refractivity contribution in [2.24, 2.45) is 0 Å². The van der Waals surface area contributed by atoms with Crippen LogP contribution in [-0.2, 0) is 0 Å². The Labute approximate surface area is 192 Å². The van der Waals surface area contributed by atoms with Crippen molar-refractivity contribution in [1.82, 2.24) is 25.8 Å². The predicted octanol–water partition coefficient (Wildman–Crippen LogP) is 4.38. The van der Waals surface area contributed by atoms with Crippen molar-refractivity contribution in [3.8, 4) is 11.3 Å². The van der Waals surface area contributed by atoms with Gasteiger partial charge in [0.2, 0.25) is 5.95 Å². The van der Waals surface area contributed by atoms with E-state index in [1.54, 1.807) is 55.0 Å². The van der Waals surface area contributed by atoms with Gasteiger partial charge >= 0.3 is 0 Å². The van der Waals surface area contributed by atoms with E-state index in [1.807, 2.05) is 19.1 Å². The van der Waals surface area contributed by atoms with Gasteiger partial charge in [0.15, 0.2) is 0 Å². The summed E-state index contributed by atoms with van der Waals surface area (Å²) in [5, 5.41) is 3.15. The molecule has 0 aliphatic carbocycles. The summed E-state index contributed by atoms with van der Waals surface area (Å²) in [5.74, 6) is -0.523. The van der Waals surface area contributed by atoms with Crippen molar-refractivity contribution >= 4 is 46.4 Å². The lowest BCUT2D eigenvalue weighted by Gasteiger charge is -2.12. The fourth-order valence-corrected chi connectivity index (χ4v) is 3.73. The van der Waals surface area contributed by atoms with Crippen LogP contribution in [0.2, 0.25) is 4.34 Å². The van der Waals surface area contributed by atoms with E-state index in [9.17, 15) is 9.59 Å². The Morgan fingerprint density at radius 3 is 2.59 bits per heavy atom. The summed E-state index contributed by atoms with van der Waals surface area (Å²) in [7, 11) is 0. The number of amides is 2. The maximum absolute atomic E-state index is 12.5. The van der Waals surface area contributed by atoms with Gasteiger partial charge in [-0.05, 0) is 55.0 Å². The van der Waals surface area contributed by atoms with E-state index < -0.39 is 11.8 Å². The Morgan fingerprint density at radius 2 is 1.84 bits per heavy atom. The number of hydrogen-bond acceptors (Lipinski definition) is 7. The molecule has 0 saturated carbocycles. The Morgan fingerprint density at radius 1 is 1.00 bits per heavy atom. The number of carbonyl (C=O) groups excluding carboxylic acids is 2. The van der Waals surface area contributed by atoms with Gasteiger partial charge in [0, 0.05) is 35.4 Å². The zero-order valence-electron chi connectivity index (χ0n) is 16.8. The SMILES string of the molecule is Cc1ccc(C(=O)NNC(=O)c2ccc(Cl)s2)cc1Nc1nccc(-c2cccnc2)n1. The van der Waals surface area contributed by atoms with Crippen LogP contribution in [0.25, 0.3) is 11.3 Å². The number of hydrazine groups is 1. The number of thiophene rings is 1. The van der Waals surface area contributed by atoms with Crippen molar-refractivity contribution in [1.29, 1.82) is 0 Å². The van der Waals surface area contributed by atoms with Crippen LogP contribution >= 0.6 is 22.9 Å². The monoisotopic (exact) mass is 464 g/mol. The van der Waals surface area contributed by atoms with Gasteiger partial charge in [0.05, 0.1) is 14.9 Å². The van der Waals surface area contributed by atoms with E-state index in [0.29, 0.717) is 26.4 Å². The summed E-state index contributed by atoms with van der Waals surface area (Å²) >= 11 is 6.96. The molecular weight excluding hydrogens is 448 g/mol. The molecule has 0 aliphatic rings. The molecule has 0 atom stereocenters. The summed E-state index contributed by atoms with van der Waals surface area (Å²) in [6, 6.07) is 13.9. The highest BCUT2D eigenvalue weighted by Gasteiger charge is 2.13. The smallest absolute Gasteiger partial charge is 0.279 e. The molecule has 1 aromatic carbocycles. The molecule has 0 radical (unpaired) electrons. The molecular formula is C22H17ClN6O2S. The van der Waals surface area contributed by atoms with Crippen LogP contribution in [0.1, 0.15) is 25.6 Å². The third kappa shape index (κ3) is 5.08. The lowest BCUT2D eigenvalue weighted by molar-refractivity contribution is 0.0849. The van der Waals surface area contributed by atoms with E-state index in [2.05, 4.69) is 31.1 Å². The van der Waals surface area contributed by atoms with Crippen LogP contribution in [0.5, 0.6) is 0 Å². The average Bonchev–Trinajstić information content (AvgIpc) is 3.26.